The van der Waals surface area contributed by atoms with Gasteiger partial charge in [0.2, 0.25) is 0 Å². The Kier molecular flexibility index (Phi) is 6.26. The van der Waals surface area contributed by atoms with Crippen molar-refractivity contribution in [2.45, 2.75) is 45.9 Å². The molecule has 6 heteroatoms. The molecule has 1 saturated heterocycles. The number of nitrogens with zero attached hydrogens (tertiary/aromatic N) is 2. The molecule has 1 amide bonds. The molecule has 1 unspecified atom stereocenters. The van der Waals surface area contributed by atoms with E-state index in [1.165, 1.54) is 5.56 Å². The van der Waals surface area contributed by atoms with Gasteiger partial charge >= 0.3 is 0 Å². The Labute approximate surface area is 176 Å². The summed E-state index contributed by atoms with van der Waals surface area (Å²) in [7, 11) is 0. The Morgan fingerprint density at radius 3 is 2.47 bits per heavy atom. The number of carbonyl (C=O) groups is 1. The first-order valence-electron chi connectivity index (χ1n) is 10.4. The third kappa shape index (κ3) is 4.96. The summed E-state index contributed by atoms with van der Waals surface area (Å²) in [5.41, 5.74) is 8.04. The number of aryl methyl sites for hydroxylation is 2. The first-order chi connectivity index (χ1) is 14.6. The van der Waals surface area contributed by atoms with Crippen LogP contribution in [-0.4, -0.2) is 28.6 Å². The van der Waals surface area contributed by atoms with Crippen LogP contribution in [0.4, 0.5) is 0 Å². The van der Waals surface area contributed by atoms with Crippen LogP contribution in [0.2, 0.25) is 0 Å². The van der Waals surface area contributed by atoms with E-state index in [1.807, 2.05) is 31.2 Å². The average molecular weight is 405 g/mol. The van der Waals surface area contributed by atoms with E-state index in [9.17, 15) is 4.79 Å². The Hall–Kier alpha value is -2.96. The second-order valence-electron chi connectivity index (χ2n) is 7.79. The van der Waals surface area contributed by atoms with Gasteiger partial charge in [-0.2, -0.15) is 5.10 Å². The summed E-state index contributed by atoms with van der Waals surface area (Å²) in [6.45, 7) is 5.33. The molecule has 0 aliphatic carbocycles. The van der Waals surface area contributed by atoms with Crippen molar-refractivity contribution in [3.05, 3.63) is 77.0 Å². The van der Waals surface area contributed by atoms with Crippen LogP contribution in [0.3, 0.4) is 0 Å². The van der Waals surface area contributed by atoms with Crippen LogP contribution in [0.25, 0.3) is 11.3 Å². The summed E-state index contributed by atoms with van der Waals surface area (Å²) in [4.78, 5) is 18.4. The molecule has 2 heterocycles. The lowest BCUT2D eigenvalue weighted by Crippen LogP contribution is -2.33. The summed E-state index contributed by atoms with van der Waals surface area (Å²) in [6, 6.07) is 16.3. The van der Waals surface area contributed by atoms with Gasteiger partial charge in [0.05, 0.1) is 12.1 Å². The van der Waals surface area contributed by atoms with Gasteiger partial charge in [-0.25, -0.2) is 10.3 Å². The Morgan fingerprint density at radius 2 is 1.80 bits per heavy atom. The number of ether oxygens (including phenoxy) is 1. The normalized spacial score (nSPS) is 16.4. The summed E-state index contributed by atoms with van der Waals surface area (Å²) >= 11 is 0. The summed E-state index contributed by atoms with van der Waals surface area (Å²) in [5, 5.41) is 4.71. The van der Waals surface area contributed by atoms with Gasteiger partial charge in [0.25, 0.3) is 5.91 Å². The summed E-state index contributed by atoms with van der Waals surface area (Å²) < 4.78 is 7.33. The fourth-order valence-electron chi connectivity index (χ4n) is 3.45. The van der Waals surface area contributed by atoms with E-state index in [-0.39, 0.29) is 5.91 Å². The van der Waals surface area contributed by atoms with Crippen LogP contribution < -0.4 is 5.48 Å². The fraction of sp³-hybridized carbons (Fsp3) is 0.333. The Balaban J connectivity index is 1.57. The van der Waals surface area contributed by atoms with Crippen molar-refractivity contribution < 1.29 is 14.4 Å². The first kappa shape index (κ1) is 20.3. The number of aromatic nitrogens is 2. The zero-order valence-electron chi connectivity index (χ0n) is 17.4. The monoisotopic (exact) mass is 405 g/mol. The maximum atomic E-state index is 12.9. The van der Waals surface area contributed by atoms with E-state index in [0.29, 0.717) is 24.4 Å². The van der Waals surface area contributed by atoms with E-state index in [1.54, 1.807) is 10.9 Å². The number of benzene rings is 2. The molecule has 2 aromatic carbocycles. The quantitative estimate of drug-likeness (QED) is 0.617. The number of carbonyl (C=O) groups excluding carboxylic acids is 1. The predicted molar refractivity (Wildman–Crippen MR) is 115 cm³/mol. The van der Waals surface area contributed by atoms with Crippen molar-refractivity contribution in [1.29, 1.82) is 0 Å². The first-order valence-corrected chi connectivity index (χ1v) is 10.4. The molecule has 6 nitrogen and oxygen atoms in total. The van der Waals surface area contributed by atoms with Crippen LogP contribution in [0.5, 0.6) is 0 Å². The molecule has 1 aromatic heterocycles. The van der Waals surface area contributed by atoms with Gasteiger partial charge in [-0.05, 0) is 32.3 Å². The molecule has 1 fully saturated rings. The van der Waals surface area contributed by atoms with Crippen molar-refractivity contribution in [1.82, 2.24) is 15.3 Å². The van der Waals surface area contributed by atoms with Gasteiger partial charge in [0, 0.05) is 24.8 Å². The maximum absolute atomic E-state index is 12.9. The van der Waals surface area contributed by atoms with Crippen LogP contribution >= 0.6 is 0 Å². The smallest absolute Gasteiger partial charge is 0.278 e. The van der Waals surface area contributed by atoms with Crippen molar-refractivity contribution >= 4 is 5.91 Å². The number of hydrogen-bond acceptors (Lipinski definition) is 4. The molecule has 0 bridgehead atoms. The van der Waals surface area contributed by atoms with E-state index in [2.05, 4.69) is 36.7 Å². The highest BCUT2D eigenvalue weighted by Gasteiger charge is 2.21. The molecule has 0 spiro atoms. The van der Waals surface area contributed by atoms with Gasteiger partial charge in [0.1, 0.15) is 5.69 Å². The molecule has 1 aliphatic heterocycles. The number of amides is 1. The molecule has 4 rings (SSSR count). The lowest BCUT2D eigenvalue weighted by molar-refractivity contribution is -0.186. The number of nitrogens with one attached hydrogen (secondary N) is 1. The van der Waals surface area contributed by atoms with E-state index < -0.39 is 6.29 Å². The van der Waals surface area contributed by atoms with E-state index in [4.69, 9.17) is 14.7 Å². The molecule has 30 heavy (non-hydrogen) atoms. The molecule has 1 atom stereocenters. The number of rotatable bonds is 6. The Bertz CT molecular complexity index is 988. The van der Waals surface area contributed by atoms with E-state index >= 15 is 0 Å². The Morgan fingerprint density at radius 1 is 1.10 bits per heavy atom. The van der Waals surface area contributed by atoms with Crippen LogP contribution in [-0.2, 0) is 16.1 Å². The van der Waals surface area contributed by atoms with Crippen molar-refractivity contribution in [2.24, 2.45) is 0 Å². The summed E-state index contributed by atoms with van der Waals surface area (Å²) in [6.07, 6.45) is 4.21. The number of hydrogen-bond donors (Lipinski definition) is 1. The second-order valence-corrected chi connectivity index (χ2v) is 7.79. The highest BCUT2D eigenvalue weighted by Crippen LogP contribution is 2.23. The van der Waals surface area contributed by atoms with Crippen molar-refractivity contribution in [3.63, 3.8) is 0 Å². The lowest BCUT2D eigenvalue weighted by atomic mass is 10.1. The predicted octanol–water partition coefficient (Wildman–Crippen LogP) is 4.40. The van der Waals surface area contributed by atoms with Gasteiger partial charge in [-0.1, -0.05) is 59.7 Å². The molecule has 1 aliphatic rings. The van der Waals surface area contributed by atoms with Crippen LogP contribution in [0, 0.1) is 13.8 Å². The van der Waals surface area contributed by atoms with Crippen LogP contribution in [0.1, 0.15) is 46.3 Å². The molecule has 3 aromatic rings. The SMILES string of the molecule is Cc1ccc(Cn2cc(C(=O)NOC3CCCCO3)c(-c3ccc(C)cc3)n2)cc1. The standard InChI is InChI=1S/C24H27N3O3/c1-17-6-10-19(11-7-17)15-27-16-21(23(25-27)20-12-8-18(2)9-13-20)24(28)26-30-22-5-3-4-14-29-22/h6-13,16,22H,3-5,14-15H2,1-2H3,(H,26,28). The molecule has 1 N–H and O–H groups in total. The zero-order chi connectivity index (χ0) is 20.9. The third-order valence-electron chi connectivity index (χ3n) is 5.22. The maximum Gasteiger partial charge on any atom is 0.278 e. The molecular formula is C24H27N3O3. The van der Waals surface area contributed by atoms with Crippen molar-refractivity contribution in [3.8, 4) is 11.3 Å². The third-order valence-corrected chi connectivity index (χ3v) is 5.22. The minimum atomic E-state index is -0.395. The van der Waals surface area contributed by atoms with Gasteiger partial charge in [-0.3, -0.25) is 9.48 Å². The zero-order valence-corrected chi connectivity index (χ0v) is 17.4. The highest BCUT2D eigenvalue weighted by molar-refractivity contribution is 5.99. The minimum Gasteiger partial charge on any atom is -0.350 e. The van der Waals surface area contributed by atoms with Gasteiger partial charge in [0.15, 0.2) is 6.29 Å². The second kappa shape index (κ2) is 9.24. The lowest BCUT2D eigenvalue weighted by Gasteiger charge is -2.22. The highest BCUT2D eigenvalue weighted by atomic mass is 16.8. The molecule has 0 saturated carbocycles. The van der Waals surface area contributed by atoms with Gasteiger partial charge < -0.3 is 4.74 Å². The van der Waals surface area contributed by atoms with Crippen molar-refractivity contribution in [2.75, 3.05) is 6.61 Å². The minimum absolute atomic E-state index is 0.324. The largest absolute Gasteiger partial charge is 0.350 e. The van der Waals surface area contributed by atoms with E-state index in [0.717, 1.165) is 36.0 Å². The fourth-order valence-corrected chi connectivity index (χ4v) is 3.45. The molecule has 0 radical (unpaired) electrons. The average Bonchev–Trinajstić information content (AvgIpc) is 3.19. The van der Waals surface area contributed by atoms with Gasteiger partial charge in [-0.15, -0.1) is 0 Å². The van der Waals surface area contributed by atoms with Crippen LogP contribution in [0.15, 0.2) is 54.7 Å². The molecule has 156 valence electrons. The molecular weight excluding hydrogens is 378 g/mol. The topological polar surface area (TPSA) is 65.4 Å². The number of hydroxylamine groups is 1. The summed E-state index contributed by atoms with van der Waals surface area (Å²) in [5.74, 6) is -0.324.